The third-order valence-electron chi connectivity index (χ3n) is 3.41. The molecule has 4 heteroatoms. The highest BCUT2D eigenvalue weighted by atomic mass is 79.9. The van der Waals surface area contributed by atoms with Gasteiger partial charge in [0, 0.05) is 17.4 Å². The molecular formula is C15H20BrNO2. The van der Waals surface area contributed by atoms with E-state index in [0.717, 1.165) is 5.33 Å². The molecule has 1 N–H and O–H groups in total. The molecule has 0 spiro atoms. The summed E-state index contributed by atoms with van der Waals surface area (Å²) < 4.78 is 5.70. The lowest BCUT2D eigenvalue weighted by Crippen LogP contribution is -2.28. The van der Waals surface area contributed by atoms with Crippen molar-refractivity contribution in [2.75, 3.05) is 13.2 Å². The zero-order chi connectivity index (χ0) is 13.5. The summed E-state index contributed by atoms with van der Waals surface area (Å²) in [4.78, 5) is 11.9. The molecule has 1 aromatic carbocycles. The van der Waals surface area contributed by atoms with Crippen LogP contribution in [0, 0.1) is 0 Å². The first-order chi connectivity index (χ1) is 9.29. The van der Waals surface area contributed by atoms with E-state index >= 15 is 0 Å². The molecule has 1 aliphatic rings. The highest BCUT2D eigenvalue weighted by Crippen LogP contribution is 2.20. The van der Waals surface area contributed by atoms with E-state index < -0.39 is 0 Å². The molecular weight excluding hydrogens is 306 g/mol. The van der Waals surface area contributed by atoms with Crippen molar-refractivity contribution in [3.05, 3.63) is 35.4 Å². The average molecular weight is 326 g/mol. The van der Waals surface area contributed by atoms with Gasteiger partial charge >= 0.3 is 0 Å². The summed E-state index contributed by atoms with van der Waals surface area (Å²) in [7, 11) is 0. The summed E-state index contributed by atoms with van der Waals surface area (Å²) in [6, 6.07) is 7.62. The van der Waals surface area contributed by atoms with Gasteiger partial charge in [0.05, 0.1) is 12.7 Å². The Hall–Kier alpha value is -0.870. The molecule has 1 aliphatic carbocycles. The lowest BCUT2D eigenvalue weighted by Gasteiger charge is -2.11. The first-order valence-corrected chi connectivity index (χ1v) is 7.96. The number of nitrogens with one attached hydrogen (secondary N) is 1. The maximum absolute atomic E-state index is 11.9. The van der Waals surface area contributed by atoms with Crippen molar-refractivity contribution in [3.63, 3.8) is 0 Å². The first kappa shape index (κ1) is 14.5. The van der Waals surface area contributed by atoms with Gasteiger partial charge in [0.25, 0.3) is 5.91 Å². The Kier molecular flexibility index (Phi) is 5.86. The first-order valence-electron chi connectivity index (χ1n) is 6.84. The van der Waals surface area contributed by atoms with Crippen molar-refractivity contribution < 1.29 is 9.53 Å². The van der Waals surface area contributed by atoms with Crippen LogP contribution in [0.5, 0.6) is 0 Å². The number of halogens is 1. The van der Waals surface area contributed by atoms with Gasteiger partial charge in [-0.25, -0.2) is 0 Å². The molecule has 1 saturated carbocycles. The minimum Gasteiger partial charge on any atom is -0.376 e. The largest absolute Gasteiger partial charge is 0.376 e. The number of benzene rings is 1. The quantitative estimate of drug-likeness (QED) is 0.644. The smallest absolute Gasteiger partial charge is 0.251 e. The Morgan fingerprint density at radius 3 is 2.58 bits per heavy atom. The molecule has 0 saturated heterocycles. The normalized spacial score (nSPS) is 15.6. The van der Waals surface area contributed by atoms with Gasteiger partial charge in [-0.2, -0.15) is 0 Å². The Bertz CT molecular complexity index is 399. The van der Waals surface area contributed by atoms with Gasteiger partial charge in [0.15, 0.2) is 0 Å². The molecule has 1 amide bonds. The minimum atomic E-state index is -0.0313. The zero-order valence-corrected chi connectivity index (χ0v) is 12.6. The van der Waals surface area contributed by atoms with Gasteiger partial charge in [-0.15, -0.1) is 0 Å². The SMILES string of the molecule is O=C(NCCOC1CCCC1)c1ccc(CBr)cc1. The molecule has 0 unspecified atom stereocenters. The van der Waals surface area contributed by atoms with Crippen molar-refractivity contribution >= 4 is 21.8 Å². The predicted molar refractivity (Wildman–Crippen MR) is 79.6 cm³/mol. The van der Waals surface area contributed by atoms with Gasteiger partial charge in [-0.1, -0.05) is 40.9 Å². The van der Waals surface area contributed by atoms with Crippen molar-refractivity contribution in [1.29, 1.82) is 0 Å². The standard InChI is InChI=1S/C15H20BrNO2/c16-11-12-5-7-13(8-6-12)15(18)17-9-10-19-14-3-1-2-4-14/h5-8,14H,1-4,9-11H2,(H,17,18). The molecule has 104 valence electrons. The maximum Gasteiger partial charge on any atom is 0.251 e. The van der Waals surface area contributed by atoms with Crippen LogP contribution >= 0.6 is 15.9 Å². The third kappa shape index (κ3) is 4.62. The van der Waals surface area contributed by atoms with Crippen molar-refractivity contribution in [1.82, 2.24) is 5.32 Å². The summed E-state index contributed by atoms with van der Waals surface area (Å²) in [6.45, 7) is 1.19. The average Bonchev–Trinajstić information content (AvgIpc) is 2.96. The molecule has 0 atom stereocenters. The molecule has 1 fully saturated rings. The second-order valence-electron chi connectivity index (χ2n) is 4.86. The predicted octanol–water partition coefficient (Wildman–Crippen LogP) is 3.27. The van der Waals surface area contributed by atoms with Gasteiger partial charge in [0.2, 0.25) is 0 Å². The topological polar surface area (TPSA) is 38.3 Å². The van der Waals surface area contributed by atoms with Crippen LogP contribution in [0.4, 0.5) is 0 Å². The molecule has 0 aliphatic heterocycles. The fourth-order valence-electron chi connectivity index (χ4n) is 2.29. The van der Waals surface area contributed by atoms with Crippen LogP contribution in [0.1, 0.15) is 41.6 Å². The van der Waals surface area contributed by atoms with Crippen molar-refractivity contribution in [3.8, 4) is 0 Å². The van der Waals surface area contributed by atoms with Crippen LogP contribution in [0.2, 0.25) is 0 Å². The van der Waals surface area contributed by atoms with E-state index in [1.54, 1.807) is 0 Å². The fraction of sp³-hybridized carbons (Fsp3) is 0.533. The van der Waals surface area contributed by atoms with Crippen LogP contribution in [0.25, 0.3) is 0 Å². The second-order valence-corrected chi connectivity index (χ2v) is 5.42. The Labute approximate surface area is 122 Å². The van der Waals surface area contributed by atoms with E-state index in [-0.39, 0.29) is 5.91 Å². The molecule has 0 bridgehead atoms. The van der Waals surface area contributed by atoms with E-state index in [1.165, 1.54) is 31.2 Å². The number of carbonyl (C=O) groups is 1. The Balaban J connectivity index is 1.68. The number of carbonyl (C=O) groups excluding carboxylic acids is 1. The van der Waals surface area contributed by atoms with Crippen molar-refractivity contribution in [2.45, 2.75) is 37.1 Å². The van der Waals surface area contributed by atoms with Gasteiger partial charge < -0.3 is 10.1 Å². The number of rotatable bonds is 6. The van der Waals surface area contributed by atoms with Crippen LogP contribution in [-0.4, -0.2) is 25.2 Å². The summed E-state index contributed by atoms with van der Waals surface area (Å²) in [5, 5.41) is 3.69. The van der Waals surface area contributed by atoms with Gasteiger partial charge in [-0.3, -0.25) is 4.79 Å². The van der Waals surface area contributed by atoms with Gasteiger partial charge in [0.1, 0.15) is 0 Å². The number of hydrogen-bond acceptors (Lipinski definition) is 2. The Morgan fingerprint density at radius 1 is 1.26 bits per heavy atom. The van der Waals surface area contributed by atoms with E-state index in [0.29, 0.717) is 24.8 Å². The fourth-order valence-corrected chi connectivity index (χ4v) is 2.67. The molecule has 2 rings (SSSR count). The molecule has 0 heterocycles. The highest BCUT2D eigenvalue weighted by Gasteiger charge is 2.14. The number of ether oxygens (including phenoxy) is 1. The van der Waals surface area contributed by atoms with Crippen LogP contribution in [0.15, 0.2) is 24.3 Å². The zero-order valence-electron chi connectivity index (χ0n) is 11.0. The number of hydrogen-bond donors (Lipinski definition) is 1. The summed E-state index contributed by atoms with van der Waals surface area (Å²) in [5.74, 6) is -0.0313. The Morgan fingerprint density at radius 2 is 1.95 bits per heavy atom. The lowest BCUT2D eigenvalue weighted by atomic mass is 10.1. The summed E-state index contributed by atoms with van der Waals surface area (Å²) in [5.41, 5.74) is 1.87. The van der Waals surface area contributed by atoms with Crippen LogP contribution in [-0.2, 0) is 10.1 Å². The van der Waals surface area contributed by atoms with Crippen molar-refractivity contribution in [2.24, 2.45) is 0 Å². The molecule has 19 heavy (non-hydrogen) atoms. The molecule has 3 nitrogen and oxygen atoms in total. The molecule has 1 aromatic rings. The third-order valence-corrected chi connectivity index (χ3v) is 4.06. The molecule has 0 aromatic heterocycles. The lowest BCUT2D eigenvalue weighted by molar-refractivity contribution is 0.0582. The van der Waals surface area contributed by atoms with E-state index in [1.807, 2.05) is 24.3 Å². The summed E-state index contributed by atoms with van der Waals surface area (Å²) >= 11 is 3.39. The highest BCUT2D eigenvalue weighted by molar-refractivity contribution is 9.08. The van der Waals surface area contributed by atoms with E-state index in [2.05, 4.69) is 21.2 Å². The number of amides is 1. The van der Waals surface area contributed by atoms with E-state index in [4.69, 9.17) is 4.74 Å². The maximum atomic E-state index is 11.9. The second kappa shape index (κ2) is 7.65. The molecule has 0 radical (unpaired) electrons. The van der Waals surface area contributed by atoms with E-state index in [9.17, 15) is 4.79 Å². The monoisotopic (exact) mass is 325 g/mol. The van der Waals surface area contributed by atoms with Gasteiger partial charge in [-0.05, 0) is 30.5 Å². The van der Waals surface area contributed by atoms with Crippen LogP contribution < -0.4 is 5.32 Å². The number of alkyl halides is 1. The van der Waals surface area contributed by atoms with Crippen LogP contribution in [0.3, 0.4) is 0 Å². The minimum absolute atomic E-state index is 0.0313. The summed E-state index contributed by atoms with van der Waals surface area (Å²) in [6.07, 6.45) is 5.30.